The van der Waals surface area contributed by atoms with Gasteiger partial charge >= 0.3 is 0 Å². The molecule has 0 saturated heterocycles. The van der Waals surface area contributed by atoms with Crippen molar-refractivity contribution in [1.29, 1.82) is 0 Å². The summed E-state index contributed by atoms with van der Waals surface area (Å²) in [6.07, 6.45) is 0.984. The van der Waals surface area contributed by atoms with Gasteiger partial charge in [0.1, 0.15) is 5.75 Å². The van der Waals surface area contributed by atoms with Gasteiger partial charge in [0.25, 0.3) is 0 Å². The molecule has 1 heterocycles. The normalized spacial score (nSPS) is 12.0. The molecule has 0 fully saturated rings. The fourth-order valence-corrected chi connectivity index (χ4v) is 2.46. The van der Waals surface area contributed by atoms with Crippen molar-refractivity contribution >= 4 is 22.4 Å². The van der Waals surface area contributed by atoms with Gasteiger partial charge in [-0.15, -0.1) is 11.3 Å². The van der Waals surface area contributed by atoms with Crippen molar-refractivity contribution < 1.29 is 9.53 Å². The first-order valence-electron chi connectivity index (χ1n) is 7.33. The van der Waals surface area contributed by atoms with Gasteiger partial charge in [-0.05, 0) is 30.7 Å². The van der Waals surface area contributed by atoms with Gasteiger partial charge in [0.2, 0.25) is 5.91 Å². The zero-order chi connectivity index (χ0) is 15.9. The van der Waals surface area contributed by atoms with Crippen molar-refractivity contribution in [2.45, 2.75) is 20.3 Å². The largest absolute Gasteiger partial charge is 0.494 e. The Bertz CT molecular complexity index is 610. The van der Waals surface area contributed by atoms with E-state index in [0.29, 0.717) is 18.3 Å². The molecule has 0 saturated carbocycles. The summed E-state index contributed by atoms with van der Waals surface area (Å²) in [4.78, 5) is 16.2. The average Bonchev–Trinajstić information content (AvgIpc) is 3.01. The van der Waals surface area contributed by atoms with E-state index in [9.17, 15) is 4.79 Å². The molecule has 2 aromatic rings. The van der Waals surface area contributed by atoms with Crippen LogP contribution in [0.3, 0.4) is 0 Å². The summed E-state index contributed by atoms with van der Waals surface area (Å²) in [7, 11) is 0. The third kappa shape index (κ3) is 4.29. The lowest BCUT2D eigenvalue weighted by molar-refractivity contribution is -0.119. The first kappa shape index (κ1) is 16.5. The van der Waals surface area contributed by atoms with Crippen molar-refractivity contribution in [2.24, 2.45) is 11.7 Å². The van der Waals surface area contributed by atoms with E-state index in [4.69, 9.17) is 10.5 Å². The molecular weight excluding hydrogens is 298 g/mol. The highest BCUT2D eigenvalue weighted by Gasteiger charge is 2.13. The first-order chi connectivity index (χ1) is 10.6. The quantitative estimate of drug-likeness (QED) is 0.822. The number of amides is 1. The molecule has 2 rings (SSSR count). The van der Waals surface area contributed by atoms with E-state index >= 15 is 0 Å². The Hall–Kier alpha value is -1.92. The van der Waals surface area contributed by atoms with Crippen LogP contribution < -0.4 is 15.8 Å². The van der Waals surface area contributed by atoms with Crippen LogP contribution in [0.5, 0.6) is 5.75 Å². The van der Waals surface area contributed by atoms with Crippen LogP contribution in [0.25, 0.3) is 11.3 Å². The van der Waals surface area contributed by atoms with E-state index < -0.39 is 0 Å². The molecule has 22 heavy (non-hydrogen) atoms. The van der Waals surface area contributed by atoms with Crippen LogP contribution in [-0.2, 0) is 4.79 Å². The summed E-state index contributed by atoms with van der Waals surface area (Å²) >= 11 is 1.40. The topological polar surface area (TPSA) is 77.2 Å². The number of carbonyl (C=O) groups excluding carboxylic acids is 1. The molecule has 0 aliphatic heterocycles. The molecule has 0 radical (unpaired) electrons. The van der Waals surface area contributed by atoms with Gasteiger partial charge in [-0.1, -0.05) is 13.8 Å². The zero-order valence-electron chi connectivity index (χ0n) is 12.8. The van der Waals surface area contributed by atoms with Gasteiger partial charge in [0, 0.05) is 23.4 Å². The highest BCUT2D eigenvalue weighted by atomic mass is 32.1. The summed E-state index contributed by atoms with van der Waals surface area (Å²) < 4.78 is 5.56. The maximum Gasteiger partial charge on any atom is 0.230 e. The van der Waals surface area contributed by atoms with E-state index in [1.807, 2.05) is 29.6 Å². The number of benzene rings is 1. The fraction of sp³-hybridized carbons (Fsp3) is 0.375. The van der Waals surface area contributed by atoms with Crippen LogP contribution in [0.15, 0.2) is 29.6 Å². The SMILES string of the molecule is CCCOc1ccc(-c2csc(NC(=O)C(C)CN)n2)cc1. The molecule has 0 spiro atoms. The third-order valence-electron chi connectivity index (χ3n) is 3.16. The number of nitrogens with zero attached hydrogens (tertiary/aromatic N) is 1. The molecule has 3 N–H and O–H groups in total. The second-order valence-corrected chi connectivity index (χ2v) is 5.89. The molecule has 0 bridgehead atoms. The predicted molar refractivity (Wildman–Crippen MR) is 90.2 cm³/mol. The van der Waals surface area contributed by atoms with Crippen LogP contribution in [0.2, 0.25) is 0 Å². The Morgan fingerprint density at radius 2 is 2.14 bits per heavy atom. The number of anilines is 1. The van der Waals surface area contributed by atoms with E-state index in [-0.39, 0.29) is 11.8 Å². The number of ether oxygens (including phenoxy) is 1. The van der Waals surface area contributed by atoms with E-state index in [1.54, 1.807) is 6.92 Å². The molecule has 1 atom stereocenters. The van der Waals surface area contributed by atoms with E-state index in [1.165, 1.54) is 11.3 Å². The highest BCUT2D eigenvalue weighted by Crippen LogP contribution is 2.26. The lowest BCUT2D eigenvalue weighted by Crippen LogP contribution is -2.26. The Labute approximate surface area is 134 Å². The molecule has 1 unspecified atom stereocenters. The molecule has 5 nitrogen and oxygen atoms in total. The Kier molecular flexibility index (Phi) is 5.91. The average molecular weight is 319 g/mol. The Morgan fingerprint density at radius 1 is 1.41 bits per heavy atom. The molecule has 1 aromatic carbocycles. The van der Waals surface area contributed by atoms with Gasteiger partial charge in [-0.25, -0.2) is 4.98 Å². The second-order valence-electron chi connectivity index (χ2n) is 5.04. The number of hydrogen-bond donors (Lipinski definition) is 2. The maximum atomic E-state index is 11.8. The smallest absolute Gasteiger partial charge is 0.230 e. The first-order valence-corrected chi connectivity index (χ1v) is 8.21. The van der Waals surface area contributed by atoms with Crippen molar-refractivity contribution in [2.75, 3.05) is 18.5 Å². The van der Waals surface area contributed by atoms with Crippen molar-refractivity contribution in [1.82, 2.24) is 4.98 Å². The van der Waals surface area contributed by atoms with Crippen LogP contribution in [0.4, 0.5) is 5.13 Å². The summed E-state index contributed by atoms with van der Waals surface area (Å²) in [6, 6.07) is 7.79. The molecule has 6 heteroatoms. The number of thiazole rings is 1. The molecule has 118 valence electrons. The van der Waals surface area contributed by atoms with Crippen LogP contribution in [-0.4, -0.2) is 24.0 Å². The summed E-state index contributed by atoms with van der Waals surface area (Å²) in [5.41, 5.74) is 7.31. The lowest BCUT2D eigenvalue weighted by atomic mass is 10.2. The lowest BCUT2D eigenvalue weighted by Gasteiger charge is -2.07. The van der Waals surface area contributed by atoms with Gasteiger partial charge in [-0.3, -0.25) is 4.79 Å². The van der Waals surface area contributed by atoms with Crippen molar-refractivity contribution in [3.05, 3.63) is 29.6 Å². The van der Waals surface area contributed by atoms with Gasteiger partial charge < -0.3 is 15.8 Å². The maximum absolute atomic E-state index is 11.8. The van der Waals surface area contributed by atoms with Crippen molar-refractivity contribution in [3.8, 4) is 17.0 Å². The van der Waals surface area contributed by atoms with Gasteiger partial charge in [-0.2, -0.15) is 0 Å². The third-order valence-corrected chi connectivity index (χ3v) is 3.92. The minimum Gasteiger partial charge on any atom is -0.494 e. The summed E-state index contributed by atoms with van der Waals surface area (Å²) in [6.45, 7) is 4.90. The number of aromatic nitrogens is 1. The number of nitrogens with one attached hydrogen (secondary N) is 1. The Morgan fingerprint density at radius 3 is 2.77 bits per heavy atom. The van der Waals surface area contributed by atoms with Gasteiger partial charge in [0.05, 0.1) is 12.3 Å². The van der Waals surface area contributed by atoms with Crippen LogP contribution in [0.1, 0.15) is 20.3 Å². The van der Waals surface area contributed by atoms with E-state index in [0.717, 1.165) is 23.4 Å². The fourth-order valence-electron chi connectivity index (χ4n) is 1.74. The Balaban J connectivity index is 2.03. The minimum atomic E-state index is -0.220. The molecule has 0 aliphatic rings. The molecule has 1 aromatic heterocycles. The highest BCUT2D eigenvalue weighted by molar-refractivity contribution is 7.14. The molecular formula is C16H21N3O2S. The predicted octanol–water partition coefficient (Wildman–Crippen LogP) is 3.13. The standard InChI is InChI=1S/C16H21N3O2S/c1-3-8-21-13-6-4-12(5-7-13)14-10-22-16(18-14)19-15(20)11(2)9-17/h4-7,10-11H,3,8-9,17H2,1-2H3,(H,18,19,20). The van der Waals surface area contributed by atoms with Gasteiger partial charge in [0.15, 0.2) is 5.13 Å². The van der Waals surface area contributed by atoms with Crippen molar-refractivity contribution in [3.63, 3.8) is 0 Å². The van der Waals surface area contributed by atoms with E-state index in [2.05, 4.69) is 17.2 Å². The summed E-state index contributed by atoms with van der Waals surface area (Å²) in [5, 5.41) is 5.30. The molecule has 1 amide bonds. The number of nitrogens with two attached hydrogens (primary N) is 1. The minimum absolute atomic E-state index is 0.105. The monoisotopic (exact) mass is 319 g/mol. The zero-order valence-corrected chi connectivity index (χ0v) is 13.7. The number of rotatable bonds is 7. The second kappa shape index (κ2) is 7.91. The molecule has 0 aliphatic carbocycles. The number of carbonyl (C=O) groups is 1. The van der Waals surface area contributed by atoms with Crippen LogP contribution >= 0.6 is 11.3 Å². The van der Waals surface area contributed by atoms with Crippen LogP contribution in [0, 0.1) is 5.92 Å². The summed E-state index contributed by atoms with van der Waals surface area (Å²) in [5.74, 6) is 0.528. The number of hydrogen-bond acceptors (Lipinski definition) is 5.